The van der Waals surface area contributed by atoms with Gasteiger partial charge in [0, 0.05) is 18.5 Å². The highest BCUT2D eigenvalue weighted by Gasteiger charge is 2.14. The summed E-state index contributed by atoms with van der Waals surface area (Å²) in [6.45, 7) is 6.39. The Bertz CT molecular complexity index is 586. The van der Waals surface area contributed by atoms with Gasteiger partial charge in [-0.1, -0.05) is 37.3 Å². The molecule has 21 heavy (non-hydrogen) atoms. The lowest BCUT2D eigenvalue weighted by Crippen LogP contribution is -2.28. The van der Waals surface area contributed by atoms with Gasteiger partial charge in [-0.25, -0.2) is 4.79 Å². The van der Waals surface area contributed by atoms with Crippen molar-refractivity contribution in [1.29, 1.82) is 0 Å². The Morgan fingerprint density at radius 3 is 2.62 bits per heavy atom. The molecule has 2 aromatic heterocycles. The molecule has 7 nitrogen and oxygen atoms in total. The molecule has 0 atom stereocenters. The third kappa shape index (κ3) is 3.78. The van der Waals surface area contributed by atoms with Gasteiger partial charge in [0.25, 0.3) is 0 Å². The average Bonchev–Trinajstić information content (AvgIpc) is 3.10. The zero-order chi connectivity index (χ0) is 15.2. The number of hydrogen-bond donors (Lipinski definition) is 2. The molecule has 0 fully saturated rings. The zero-order valence-corrected chi connectivity index (χ0v) is 13.2. The number of rotatable bonds is 6. The highest BCUT2D eigenvalue weighted by molar-refractivity contribution is 7.15. The molecule has 2 rings (SSSR count). The van der Waals surface area contributed by atoms with Crippen molar-refractivity contribution in [2.45, 2.75) is 46.6 Å². The van der Waals surface area contributed by atoms with E-state index in [1.165, 1.54) is 11.3 Å². The summed E-state index contributed by atoms with van der Waals surface area (Å²) in [5.74, 6) is 0.816. The minimum Gasteiger partial charge on any atom is -0.361 e. The van der Waals surface area contributed by atoms with Gasteiger partial charge in [0.1, 0.15) is 10.8 Å². The number of carbonyl (C=O) groups is 1. The first-order valence-electron chi connectivity index (χ1n) is 7.01. The molecule has 2 aromatic rings. The molecule has 8 heteroatoms. The molecule has 0 spiro atoms. The van der Waals surface area contributed by atoms with E-state index in [9.17, 15) is 4.79 Å². The summed E-state index contributed by atoms with van der Waals surface area (Å²) in [5.41, 5.74) is 1.85. The summed E-state index contributed by atoms with van der Waals surface area (Å²) in [6.07, 6.45) is 2.33. The second kappa shape index (κ2) is 7.16. The number of aryl methyl sites for hydroxylation is 3. The molecule has 0 aliphatic heterocycles. The highest BCUT2D eigenvalue weighted by atomic mass is 32.1. The molecule has 0 aliphatic carbocycles. The Morgan fingerprint density at radius 1 is 1.19 bits per heavy atom. The molecule has 2 amide bonds. The Labute approximate surface area is 127 Å². The van der Waals surface area contributed by atoms with Crippen LogP contribution in [0.15, 0.2) is 4.52 Å². The predicted molar refractivity (Wildman–Crippen MR) is 80.4 cm³/mol. The predicted octanol–water partition coefficient (Wildman–Crippen LogP) is 2.54. The number of nitrogens with one attached hydrogen (secondary N) is 2. The van der Waals surface area contributed by atoms with Crippen LogP contribution >= 0.6 is 11.3 Å². The topological polar surface area (TPSA) is 92.9 Å². The zero-order valence-electron chi connectivity index (χ0n) is 12.4. The Kier molecular flexibility index (Phi) is 5.26. The summed E-state index contributed by atoms with van der Waals surface area (Å²) in [5, 5.41) is 18.7. The summed E-state index contributed by atoms with van der Waals surface area (Å²) < 4.78 is 5.26. The maximum atomic E-state index is 11.9. The van der Waals surface area contributed by atoms with Crippen LogP contribution in [0.4, 0.5) is 9.93 Å². The number of hydrogen-bond acceptors (Lipinski definition) is 6. The van der Waals surface area contributed by atoms with E-state index in [0.29, 0.717) is 11.7 Å². The van der Waals surface area contributed by atoms with E-state index in [2.05, 4.69) is 26.0 Å². The van der Waals surface area contributed by atoms with Crippen molar-refractivity contribution in [3.05, 3.63) is 22.0 Å². The molecule has 0 bridgehead atoms. The Morgan fingerprint density at radius 2 is 2.00 bits per heavy atom. The second-order valence-corrected chi connectivity index (χ2v) is 5.46. The number of nitrogens with zero attached hydrogens (tertiary/aromatic N) is 3. The van der Waals surface area contributed by atoms with E-state index in [1.54, 1.807) is 0 Å². The van der Waals surface area contributed by atoms with Crippen molar-refractivity contribution in [2.24, 2.45) is 0 Å². The highest BCUT2D eigenvalue weighted by Crippen LogP contribution is 2.17. The fourth-order valence-corrected chi connectivity index (χ4v) is 2.57. The van der Waals surface area contributed by atoms with Crippen LogP contribution in [-0.2, 0) is 25.8 Å². The lowest BCUT2D eigenvalue weighted by atomic mass is 10.1. The summed E-state index contributed by atoms with van der Waals surface area (Å²) in [4.78, 5) is 11.9. The van der Waals surface area contributed by atoms with Crippen molar-refractivity contribution in [3.8, 4) is 0 Å². The minimum absolute atomic E-state index is 0.306. The Hall–Kier alpha value is -1.96. The van der Waals surface area contributed by atoms with Gasteiger partial charge in [0.2, 0.25) is 5.13 Å². The molecule has 0 saturated carbocycles. The van der Waals surface area contributed by atoms with Crippen LogP contribution in [0.1, 0.15) is 42.8 Å². The first-order valence-corrected chi connectivity index (χ1v) is 7.83. The molecule has 0 radical (unpaired) electrons. The standard InChI is InChI=1S/C13H19N5O2S/c1-4-9-8(10(5-2)20-18-9)7-14-12(19)15-13-17-16-11(6-3)21-13/h4-7H2,1-3H3,(H2,14,15,17,19). The van der Waals surface area contributed by atoms with E-state index in [1.807, 2.05) is 20.8 Å². The molecule has 2 N–H and O–H groups in total. The average molecular weight is 309 g/mol. The summed E-state index contributed by atoms with van der Waals surface area (Å²) in [6, 6.07) is -0.306. The van der Waals surface area contributed by atoms with Crippen molar-refractivity contribution < 1.29 is 9.32 Å². The van der Waals surface area contributed by atoms with Crippen LogP contribution in [0.2, 0.25) is 0 Å². The van der Waals surface area contributed by atoms with Crippen LogP contribution in [-0.4, -0.2) is 21.4 Å². The van der Waals surface area contributed by atoms with Gasteiger partial charge in [0.05, 0.1) is 5.69 Å². The van der Waals surface area contributed by atoms with Gasteiger partial charge < -0.3 is 9.84 Å². The van der Waals surface area contributed by atoms with Crippen molar-refractivity contribution in [3.63, 3.8) is 0 Å². The van der Waals surface area contributed by atoms with E-state index in [4.69, 9.17) is 4.52 Å². The normalized spacial score (nSPS) is 10.6. The SMILES string of the molecule is CCc1nnc(NC(=O)NCc2c(CC)noc2CC)s1. The number of urea groups is 1. The van der Waals surface area contributed by atoms with Crippen LogP contribution in [0.25, 0.3) is 0 Å². The number of aromatic nitrogens is 3. The van der Waals surface area contributed by atoms with Crippen molar-refractivity contribution in [2.75, 3.05) is 5.32 Å². The molecule has 114 valence electrons. The molecular weight excluding hydrogens is 290 g/mol. The Balaban J connectivity index is 1.93. The minimum atomic E-state index is -0.306. The largest absolute Gasteiger partial charge is 0.361 e. The maximum Gasteiger partial charge on any atom is 0.321 e. The lowest BCUT2D eigenvalue weighted by Gasteiger charge is -2.05. The molecule has 0 saturated heterocycles. The second-order valence-electron chi connectivity index (χ2n) is 4.40. The number of carbonyl (C=O) groups excluding carboxylic acids is 1. The lowest BCUT2D eigenvalue weighted by molar-refractivity contribution is 0.251. The fraction of sp³-hybridized carbons (Fsp3) is 0.538. The smallest absolute Gasteiger partial charge is 0.321 e. The van der Waals surface area contributed by atoms with Gasteiger partial charge in [-0.05, 0) is 12.8 Å². The maximum absolute atomic E-state index is 11.9. The van der Waals surface area contributed by atoms with Gasteiger partial charge in [0.15, 0.2) is 0 Å². The van der Waals surface area contributed by atoms with Gasteiger partial charge in [-0.15, -0.1) is 10.2 Å². The van der Waals surface area contributed by atoms with E-state index >= 15 is 0 Å². The van der Waals surface area contributed by atoms with Crippen LogP contribution in [0.5, 0.6) is 0 Å². The van der Waals surface area contributed by atoms with Crippen LogP contribution < -0.4 is 10.6 Å². The quantitative estimate of drug-likeness (QED) is 0.855. The molecule has 0 aliphatic rings. The van der Waals surface area contributed by atoms with E-state index < -0.39 is 0 Å². The molecular formula is C13H19N5O2S. The van der Waals surface area contributed by atoms with Crippen molar-refractivity contribution in [1.82, 2.24) is 20.7 Å². The molecule has 0 unspecified atom stereocenters. The molecule has 0 aromatic carbocycles. The number of amides is 2. The van der Waals surface area contributed by atoms with Gasteiger partial charge in [-0.3, -0.25) is 5.32 Å². The first-order chi connectivity index (χ1) is 10.2. The third-order valence-electron chi connectivity index (χ3n) is 3.02. The van der Waals surface area contributed by atoms with E-state index in [0.717, 1.165) is 41.3 Å². The molecule has 2 heterocycles. The van der Waals surface area contributed by atoms with Gasteiger partial charge in [-0.2, -0.15) is 0 Å². The van der Waals surface area contributed by atoms with Gasteiger partial charge >= 0.3 is 6.03 Å². The summed E-state index contributed by atoms with van der Waals surface area (Å²) in [7, 11) is 0. The third-order valence-corrected chi connectivity index (χ3v) is 4.01. The fourth-order valence-electron chi connectivity index (χ4n) is 1.89. The summed E-state index contributed by atoms with van der Waals surface area (Å²) >= 11 is 1.37. The van der Waals surface area contributed by atoms with E-state index in [-0.39, 0.29) is 6.03 Å². The monoisotopic (exact) mass is 309 g/mol. The van der Waals surface area contributed by atoms with Crippen molar-refractivity contribution >= 4 is 22.5 Å². The number of anilines is 1. The van der Waals surface area contributed by atoms with Crippen LogP contribution in [0, 0.1) is 0 Å². The first kappa shape index (κ1) is 15.4. The van der Waals surface area contributed by atoms with Crippen LogP contribution in [0.3, 0.4) is 0 Å².